The van der Waals surface area contributed by atoms with Gasteiger partial charge in [-0.2, -0.15) is 4.98 Å². The Morgan fingerprint density at radius 3 is 2.61 bits per heavy atom. The van der Waals surface area contributed by atoms with Gasteiger partial charge >= 0.3 is 0 Å². The first-order valence-corrected chi connectivity index (χ1v) is 16.3. The average Bonchev–Trinajstić information content (AvgIpc) is 3.44. The van der Waals surface area contributed by atoms with Crippen molar-refractivity contribution in [2.24, 2.45) is 0 Å². The number of benzene rings is 4. The van der Waals surface area contributed by atoms with Gasteiger partial charge in [-0.05, 0) is 79.4 Å². The lowest BCUT2D eigenvalue weighted by molar-refractivity contribution is -0.113. The van der Waals surface area contributed by atoms with E-state index in [1.54, 1.807) is 35.0 Å². The zero-order chi connectivity index (χ0) is 32.4. The van der Waals surface area contributed by atoms with Gasteiger partial charge < -0.3 is 15.4 Å². The van der Waals surface area contributed by atoms with Crippen LogP contribution in [0.15, 0.2) is 101 Å². The third-order valence-electron chi connectivity index (χ3n) is 7.83. The van der Waals surface area contributed by atoms with Crippen molar-refractivity contribution in [3.63, 3.8) is 0 Å². The molecular weight excluding hydrogens is 644 g/mol. The van der Waals surface area contributed by atoms with E-state index in [0.29, 0.717) is 49.5 Å². The van der Waals surface area contributed by atoms with Crippen LogP contribution in [0, 0.1) is 19.7 Å². The summed E-state index contributed by atoms with van der Waals surface area (Å²) in [5.41, 5.74) is 6.01. The van der Waals surface area contributed by atoms with E-state index in [0.717, 1.165) is 27.9 Å². The summed E-state index contributed by atoms with van der Waals surface area (Å²) in [4.78, 5) is 18.8. The Hall–Kier alpha value is -4.31. The van der Waals surface area contributed by atoms with Gasteiger partial charge in [-0.1, -0.05) is 83.5 Å². The van der Waals surface area contributed by atoms with Crippen molar-refractivity contribution < 1.29 is 13.9 Å². The molecule has 0 saturated heterocycles. The number of halogens is 3. The van der Waals surface area contributed by atoms with Gasteiger partial charge in [0.2, 0.25) is 11.1 Å². The van der Waals surface area contributed by atoms with Crippen molar-refractivity contribution in [2.75, 3.05) is 10.6 Å². The Kier molecular flexibility index (Phi) is 9.35. The summed E-state index contributed by atoms with van der Waals surface area (Å²) >= 11 is 13.8. The maximum Gasteiger partial charge on any atom is 0.255 e. The number of nitrogens with one attached hydrogen (secondary N) is 2. The first kappa shape index (κ1) is 31.7. The number of ether oxygens (including phenoxy) is 1. The Bertz CT molecular complexity index is 1980. The van der Waals surface area contributed by atoms with E-state index in [2.05, 4.69) is 10.6 Å². The zero-order valence-corrected chi connectivity index (χ0v) is 27.6. The van der Waals surface area contributed by atoms with Crippen LogP contribution in [0.5, 0.6) is 5.75 Å². The Balaban J connectivity index is 1.34. The fourth-order valence-corrected chi connectivity index (χ4v) is 6.48. The summed E-state index contributed by atoms with van der Waals surface area (Å²) in [5.74, 6) is 0.856. The van der Waals surface area contributed by atoms with E-state index < -0.39 is 6.04 Å². The predicted molar refractivity (Wildman–Crippen MR) is 182 cm³/mol. The van der Waals surface area contributed by atoms with Gasteiger partial charge in [0.05, 0.1) is 5.57 Å². The van der Waals surface area contributed by atoms with E-state index >= 15 is 0 Å². The minimum Gasteiger partial charge on any atom is -0.489 e. The molecule has 6 rings (SSSR count). The molecule has 0 radical (unpaired) electrons. The summed E-state index contributed by atoms with van der Waals surface area (Å²) in [6.45, 7) is 6.06. The molecule has 234 valence electrons. The number of rotatable bonds is 9. The van der Waals surface area contributed by atoms with Crippen LogP contribution < -0.4 is 15.4 Å². The topological polar surface area (TPSA) is 81.1 Å². The van der Waals surface area contributed by atoms with Crippen LogP contribution in [0.25, 0.3) is 0 Å². The van der Waals surface area contributed by atoms with E-state index in [4.69, 9.17) is 38.0 Å². The third-order valence-corrected chi connectivity index (χ3v) is 9.30. The van der Waals surface area contributed by atoms with Gasteiger partial charge in [0.25, 0.3) is 5.91 Å². The van der Waals surface area contributed by atoms with Crippen LogP contribution in [-0.2, 0) is 17.2 Å². The number of nitrogens with zero attached hydrogens (tertiary/aromatic N) is 3. The first-order valence-electron chi connectivity index (χ1n) is 14.5. The van der Waals surface area contributed by atoms with Crippen molar-refractivity contribution >= 4 is 52.5 Å². The molecule has 4 aromatic carbocycles. The fraction of sp³-hybridized carbons (Fsp3) is 0.171. The maximum absolute atomic E-state index is 14.3. The highest BCUT2D eigenvalue weighted by Gasteiger charge is 2.35. The highest BCUT2D eigenvalue weighted by atomic mass is 35.5. The summed E-state index contributed by atoms with van der Waals surface area (Å²) in [5, 5.41) is 12.7. The van der Waals surface area contributed by atoms with Crippen molar-refractivity contribution in [2.45, 2.75) is 44.3 Å². The molecule has 2 N–H and O–H groups in total. The standard InChI is InChI=1S/C35H30Cl2FN5O2S/c1-20-8-6-13-30(21(20)2)40-33(44)31-22(3)39-34-41-35(46-19-25-9-4-5-12-29(25)38)42-43(34)32(31)23-10-7-11-27(16-23)45-18-24-14-15-26(36)17-28(24)37/h4-17,32H,18-19H2,1-3H3,(H,40,44)(H,39,41,42). The van der Waals surface area contributed by atoms with Gasteiger partial charge in [-0.15, -0.1) is 5.10 Å². The van der Waals surface area contributed by atoms with Crippen LogP contribution in [0.2, 0.25) is 10.0 Å². The monoisotopic (exact) mass is 673 g/mol. The van der Waals surface area contributed by atoms with Gasteiger partial charge in [0, 0.05) is 32.7 Å². The Morgan fingerprint density at radius 2 is 1.80 bits per heavy atom. The predicted octanol–water partition coefficient (Wildman–Crippen LogP) is 9.14. The molecule has 1 atom stereocenters. The van der Waals surface area contributed by atoms with Crippen LogP contribution in [0.1, 0.15) is 40.8 Å². The largest absolute Gasteiger partial charge is 0.489 e. The maximum atomic E-state index is 14.3. The number of aromatic nitrogens is 3. The van der Waals surface area contributed by atoms with Crippen LogP contribution >= 0.6 is 35.0 Å². The van der Waals surface area contributed by atoms with E-state index in [1.165, 1.54) is 17.8 Å². The zero-order valence-electron chi connectivity index (χ0n) is 25.3. The number of amides is 1. The van der Waals surface area contributed by atoms with Gasteiger partial charge in [0.15, 0.2) is 0 Å². The second kappa shape index (κ2) is 13.6. The number of aryl methyl sites for hydroxylation is 1. The normalized spacial score (nSPS) is 14.1. The lowest BCUT2D eigenvalue weighted by Crippen LogP contribution is -2.31. The number of anilines is 2. The molecule has 7 nitrogen and oxygen atoms in total. The van der Waals surface area contributed by atoms with E-state index in [9.17, 15) is 9.18 Å². The Labute approximate surface area is 280 Å². The molecule has 2 heterocycles. The first-order chi connectivity index (χ1) is 22.2. The second-order valence-corrected chi connectivity index (χ2v) is 12.7. The molecule has 0 fully saturated rings. The summed E-state index contributed by atoms with van der Waals surface area (Å²) in [6, 6.07) is 24.6. The molecule has 1 aliphatic heterocycles. The SMILES string of the molecule is CC1=C(C(=O)Nc2cccc(C)c2C)C(c2cccc(OCc3ccc(Cl)cc3Cl)c2)n2nc(SCc3ccccc3F)nc2N1. The van der Waals surface area contributed by atoms with Crippen molar-refractivity contribution in [3.05, 3.63) is 140 Å². The quantitative estimate of drug-likeness (QED) is 0.152. The smallest absolute Gasteiger partial charge is 0.255 e. The Morgan fingerprint density at radius 1 is 1.00 bits per heavy atom. The molecule has 5 aromatic rings. The molecule has 46 heavy (non-hydrogen) atoms. The van der Waals surface area contributed by atoms with Crippen LogP contribution in [0.4, 0.5) is 16.0 Å². The fourth-order valence-electron chi connectivity index (χ4n) is 5.20. The van der Waals surface area contributed by atoms with E-state index in [-0.39, 0.29) is 18.3 Å². The molecule has 0 spiro atoms. The molecular formula is C35H30Cl2FN5O2S. The molecule has 0 bridgehead atoms. The van der Waals surface area contributed by atoms with Gasteiger partial charge in [0.1, 0.15) is 24.2 Å². The van der Waals surface area contributed by atoms with Crippen molar-refractivity contribution in [1.29, 1.82) is 0 Å². The molecule has 1 aliphatic rings. The number of hydrogen-bond acceptors (Lipinski definition) is 6. The van der Waals surface area contributed by atoms with Crippen LogP contribution in [0.3, 0.4) is 0 Å². The average molecular weight is 675 g/mol. The number of fused-ring (bicyclic) bond motifs is 1. The highest BCUT2D eigenvalue weighted by molar-refractivity contribution is 7.98. The molecule has 1 aromatic heterocycles. The minimum absolute atomic E-state index is 0.228. The van der Waals surface area contributed by atoms with Crippen molar-refractivity contribution in [1.82, 2.24) is 14.8 Å². The summed E-state index contributed by atoms with van der Waals surface area (Å²) in [7, 11) is 0. The molecule has 11 heteroatoms. The van der Waals surface area contributed by atoms with Gasteiger partial charge in [-0.25, -0.2) is 9.07 Å². The molecule has 1 amide bonds. The highest BCUT2D eigenvalue weighted by Crippen LogP contribution is 2.38. The number of hydrogen-bond donors (Lipinski definition) is 2. The lowest BCUT2D eigenvalue weighted by Gasteiger charge is -2.29. The lowest BCUT2D eigenvalue weighted by atomic mass is 9.94. The minimum atomic E-state index is -0.639. The summed E-state index contributed by atoms with van der Waals surface area (Å²) < 4.78 is 22.2. The molecule has 0 saturated carbocycles. The molecule has 0 aliphatic carbocycles. The number of thioether (sulfide) groups is 1. The van der Waals surface area contributed by atoms with Crippen LogP contribution in [-0.4, -0.2) is 20.7 Å². The number of allylic oxidation sites excluding steroid dienone is 1. The number of carbonyl (C=O) groups is 1. The number of carbonyl (C=O) groups excluding carboxylic acids is 1. The second-order valence-electron chi connectivity index (χ2n) is 10.9. The van der Waals surface area contributed by atoms with Gasteiger partial charge in [-0.3, -0.25) is 4.79 Å². The molecule has 1 unspecified atom stereocenters. The summed E-state index contributed by atoms with van der Waals surface area (Å²) in [6.07, 6.45) is 0. The van der Waals surface area contributed by atoms with Crippen molar-refractivity contribution in [3.8, 4) is 5.75 Å². The third kappa shape index (κ3) is 6.77. The van der Waals surface area contributed by atoms with E-state index in [1.807, 2.05) is 69.3 Å².